The van der Waals surface area contributed by atoms with Crippen molar-refractivity contribution >= 4 is 27.6 Å². The van der Waals surface area contributed by atoms with Crippen molar-refractivity contribution in [1.82, 2.24) is 9.62 Å². The van der Waals surface area contributed by atoms with E-state index in [2.05, 4.69) is 5.32 Å². The number of rotatable bonds is 6. The summed E-state index contributed by atoms with van der Waals surface area (Å²) in [6, 6.07) is 4.54. The van der Waals surface area contributed by atoms with Crippen LogP contribution in [0.25, 0.3) is 0 Å². The first-order chi connectivity index (χ1) is 14.2. The molecule has 1 saturated heterocycles. The van der Waals surface area contributed by atoms with Gasteiger partial charge in [-0.1, -0.05) is 45.9 Å². The van der Waals surface area contributed by atoms with E-state index in [1.165, 1.54) is 0 Å². The zero-order valence-electron chi connectivity index (χ0n) is 17.9. The molecule has 0 aliphatic carbocycles. The smallest absolute Gasteiger partial charge is 0.332 e. The maximum absolute atomic E-state index is 12.7. The van der Waals surface area contributed by atoms with Crippen LogP contribution >= 0.6 is 0 Å². The number of urea groups is 1. The maximum Gasteiger partial charge on any atom is 0.406 e. The number of para-hydroxylation sites is 1. The first-order valence-electron chi connectivity index (χ1n) is 10.0. The van der Waals surface area contributed by atoms with E-state index in [1.54, 1.807) is 0 Å². The van der Waals surface area contributed by atoms with Gasteiger partial charge in [0, 0.05) is 18.7 Å². The molecule has 1 unspecified atom stereocenters. The second-order valence-corrected chi connectivity index (χ2v) is 10.2. The summed E-state index contributed by atoms with van der Waals surface area (Å²) in [5.41, 5.74) is 2.18. The Balaban J connectivity index is 2.18. The van der Waals surface area contributed by atoms with Gasteiger partial charge in [0.25, 0.3) is 0 Å². The van der Waals surface area contributed by atoms with Crippen LogP contribution in [0.2, 0.25) is 0 Å². The molecular weight excluding hydrogens is 435 g/mol. The molecule has 31 heavy (non-hydrogen) atoms. The SMILES string of the molecule is CC(C)c1cccc(C(C)C)c1NC(=O)NS(=O)(=O)C1CCC(=O)N(CC(F)(F)F)C1. The van der Waals surface area contributed by atoms with Crippen LogP contribution in [0.3, 0.4) is 0 Å². The third-order valence-corrected chi connectivity index (χ3v) is 6.84. The van der Waals surface area contributed by atoms with Crippen LogP contribution in [0, 0.1) is 0 Å². The Kier molecular flexibility index (Phi) is 7.61. The number of hydrogen-bond acceptors (Lipinski definition) is 4. The highest BCUT2D eigenvalue weighted by molar-refractivity contribution is 7.90. The number of piperidine rings is 1. The molecule has 0 radical (unpaired) electrons. The summed E-state index contributed by atoms with van der Waals surface area (Å²) in [6.07, 6.45) is -5.13. The number of carbonyl (C=O) groups is 2. The van der Waals surface area contributed by atoms with Crippen molar-refractivity contribution in [2.75, 3.05) is 18.4 Å². The van der Waals surface area contributed by atoms with E-state index in [4.69, 9.17) is 0 Å². The lowest BCUT2D eigenvalue weighted by Crippen LogP contribution is -2.52. The molecule has 3 amide bonds. The summed E-state index contributed by atoms with van der Waals surface area (Å²) < 4.78 is 65.2. The minimum absolute atomic E-state index is 0.0610. The van der Waals surface area contributed by atoms with Gasteiger partial charge in [-0.2, -0.15) is 13.2 Å². The Morgan fingerprint density at radius 3 is 2.19 bits per heavy atom. The molecule has 11 heteroatoms. The molecular formula is C20H28F3N3O4S. The van der Waals surface area contributed by atoms with Crippen molar-refractivity contribution in [2.24, 2.45) is 0 Å². The average molecular weight is 464 g/mol. The molecule has 2 N–H and O–H groups in total. The van der Waals surface area contributed by atoms with Gasteiger partial charge < -0.3 is 10.2 Å². The summed E-state index contributed by atoms with van der Waals surface area (Å²) in [5, 5.41) is 1.29. The van der Waals surface area contributed by atoms with E-state index in [0.29, 0.717) is 10.6 Å². The number of anilines is 1. The van der Waals surface area contributed by atoms with Crippen LogP contribution in [-0.4, -0.2) is 49.8 Å². The molecule has 1 aromatic carbocycles. The fraction of sp³-hybridized carbons (Fsp3) is 0.600. The molecule has 0 saturated carbocycles. The Morgan fingerprint density at radius 1 is 1.16 bits per heavy atom. The molecule has 7 nitrogen and oxygen atoms in total. The van der Waals surface area contributed by atoms with Crippen molar-refractivity contribution < 1.29 is 31.2 Å². The van der Waals surface area contributed by atoms with Crippen LogP contribution in [0.5, 0.6) is 0 Å². The predicted molar refractivity (Wildman–Crippen MR) is 111 cm³/mol. The van der Waals surface area contributed by atoms with Gasteiger partial charge in [0.1, 0.15) is 6.54 Å². The lowest BCUT2D eigenvalue weighted by Gasteiger charge is -2.32. The standard InChI is InChI=1S/C20H28F3N3O4S/c1-12(2)15-6-5-7-16(13(3)4)18(15)24-19(28)25-31(29,30)14-8-9-17(27)26(10-14)11-20(21,22)23/h5-7,12-14H,8-11H2,1-4H3,(H2,24,25,28). The van der Waals surface area contributed by atoms with Crippen LogP contribution in [0.1, 0.15) is 63.5 Å². The molecule has 1 heterocycles. The van der Waals surface area contributed by atoms with Crippen molar-refractivity contribution in [3.8, 4) is 0 Å². The third kappa shape index (κ3) is 6.59. The van der Waals surface area contributed by atoms with E-state index in [0.717, 1.165) is 11.1 Å². The number of alkyl halides is 3. The fourth-order valence-corrected chi connectivity index (χ4v) is 4.83. The summed E-state index contributed by atoms with van der Waals surface area (Å²) >= 11 is 0. The monoisotopic (exact) mass is 463 g/mol. The van der Waals surface area contributed by atoms with E-state index < -0.39 is 46.5 Å². The van der Waals surface area contributed by atoms with E-state index >= 15 is 0 Å². The normalized spacial score (nSPS) is 17.9. The van der Waals surface area contributed by atoms with Gasteiger partial charge in [0.2, 0.25) is 15.9 Å². The van der Waals surface area contributed by atoms with Crippen molar-refractivity contribution in [2.45, 2.75) is 63.8 Å². The Labute approximate surface area is 180 Å². The first-order valence-corrected chi connectivity index (χ1v) is 11.6. The van der Waals surface area contributed by atoms with Gasteiger partial charge in [0.05, 0.1) is 5.25 Å². The lowest BCUT2D eigenvalue weighted by molar-refractivity contribution is -0.163. The van der Waals surface area contributed by atoms with Crippen LogP contribution < -0.4 is 10.0 Å². The lowest BCUT2D eigenvalue weighted by atomic mass is 9.93. The molecule has 0 aromatic heterocycles. The second-order valence-electron chi connectivity index (χ2n) is 8.27. The van der Waals surface area contributed by atoms with E-state index in [1.807, 2.05) is 50.6 Å². The first kappa shape index (κ1) is 25.0. The molecule has 1 aliphatic heterocycles. The Hall–Kier alpha value is -2.30. The number of benzene rings is 1. The van der Waals surface area contributed by atoms with Gasteiger partial charge >= 0.3 is 12.2 Å². The van der Waals surface area contributed by atoms with Gasteiger partial charge in [0.15, 0.2) is 0 Å². The Bertz CT molecular complexity index is 904. The number of carbonyl (C=O) groups excluding carboxylic acids is 2. The Morgan fingerprint density at radius 2 is 1.71 bits per heavy atom. The molecule has 1 fully saturated rings. The number of amides is 3. The zero-order valence-corrected chi connectivity index (χ0v) is 18.7. The quantitative estimate of drug-likeness (QED) is 0.668. The highest BCUT2D eigenvalue weighted by Crippen LogP contribution is 2.32. The minimum Gasteiger partial charge on any atom is -0.332 e. The summed E-state index contributed by atoms with van der Waals surface area (Å²) in [6.45, 7) is 5.60. The van der Waals surface area contributed by atoms with Crippen molar-refractivity contribution in [3.63, 3.8) is 0 Å². The van der Waals surface area contributed by atoms with Crippen LogP contribution in [0.4, 0.5) is 23.7 Å². The fourth-order valence-electron chi connectivity index (χ4n) is 3.55. The number of nitrogens with zero attached hydrogens (tertiary/aromatic N) is 1. The summed E-state index contributed by atoms with van der Waals surface area (Å²) in [5.74, 6) is -0.641. The van der Waals surface area contributed by atoms with E-state index in [-0.39, 0.29) is 24.7 Å². The second kappa shape index (κ2) is 9.46. The number of nitrogens with one attached hydrogen (secondary N) is 2. The summed E-state index contributed by atoms with van der Waals surface area (Å²) in [4.78, 5) is 24.7. The molecule has 1 atom stereocenters. The highest BCUT2D eigenvalue weighted by Gasteiger charge is 2.40. The molecule has 0 spiro atoms. The number of hydrogen-bond donors (Lipinski definition) is 2. The maximum atomic E-state index is 12.7. The molecule has 1 aliphatic rings. The summed E-state index contributed by atoms with van der Waals surface area (Å²) in [7, 11) is -4.30. The van der Waals surface area contributed by atoms with Crippen molar-refractivity contribution in [3.05, 3.63) is 29.3 Å². The third-order valence-electron chi connectivity index (χ3n) is 5.11. The van der Waals surface area contributed by atoms with Gasteiger partial charge in [-0.05, 0) is 29.4 Å². The van der Waals surface area contributed by atoms with Crippen LogP contribution in [-0.2, 0) is 14.8 Å². The van der Waals surface area contributed by atoms with Crippen molar-refractivity contribution in [1.29, 1.82) is 0 Å². The molecule has 174 valence electrons. The molecule has 0 bridgehead atoms. The highest BCUT2D eigenvalue weighted by atomic mass is 32.2. The molecule has 2 rings (SSSR count). The van der Waals surface area contributed by atoms with Crippen LogP contribution in [0.15, 0.2) is 18.2 Å². The molecule has 1 aromatic rings. The predicted octanol–water partition coefficient (Wildman–Crippen LogP) is 3.94. The largest absolute Gasteiger partial charge is 0.406 e. The van der Waals surface area contributed by atoms with Gasteiger partial charge in [-0.15, -0.1) is 0 Å². The van der Waals surface area contributed by atoms with E-state index in [9.17, 15) is 31.2 Å². The zero-order chi connectivity index (χ0) is 23.6. The number of halogens is 3. The number of sulfonamides is 1. The minimum atomic E-state index is -4.64. The van der Waals surface area contributed by atoms with Gasteiger partial charge in [-0.25, -0.2) is 17.9 Å². The number of likely N-dealkylation sites (tertiary alicyclic amines) is 1. The van der Waals surface area contributed by atoms with Gasteiger partial charge in [-0.3, -0.25) is 4.79 Å². The average Bonchev–Trinajstić information content (AvgIpc) is 2.61. The topological polar surface area (TPSA) is 95.6 Å².